The molecule has 0 saturated carbocycles. The Labute approximate surface area is 196 Å². The van der Waals surface area contributed by atoms with E-state index in [4.69, 9.17) is 10.00 Å². The molecule has 170 valence electrons. The summed E-state index contributed by atoms with van der Waals surface area (Å²) in [5, 5.41) is 13.1. The van der Waals surface area contributed by atoms with Crippen molar-refractivity contribution < 1.29 is 22.7 Å². The van der Waals surface area contributed by atoms with Gasteiger partial charge in [-0.3, -0.25) is 9.59 Å². The van der Waals surface area contributed by atoms with E-state index in [-0.39, 0.29) is 23.6 Å². The van der Waals surface area contributed by atoms with Crippen LogP contribution in [0.15, 0.2) is 76.5 Å². The number of amides is 1. The summed E-state index contributed by atoms with van der Waals surface area (Å²) in [5.41, 5.74) is 0.516. The Hall–Kier alpha value is -3.39. The maximum absolute atomic E-state index is 12.5. The largest absolute Gasteiger partial charge is 0.456 e. The van der Waals surface area contributed by atoms with Crippen molar-refractivity contribution >= 4 is 50.1 Å². The highest BCUT2D eigenvalue weighted by Gasteiger charge is 2.16. The monoisotopic (exact) mass is 483 g/mol. The fraction of sp³-hybridized carbons (Fsp3) is 0.174. The summed E-state index contributed by atoms with van der Waals surface area (Å²) in [6, 6.07) is 21.2. The minimum absolute atomic E-state index is 0.0990. The van der Waals surface area contributed by atoms with Crippen molar-refractivity contribution in [2.24, 2.45) is 0 Å². The average molecular weight is 484 g/mol. The van der Waals surface area contributed by atoms with Crippen molar-refractivity contribution in [1.82, 2.24) is 4.72 Å². The fourth-order valence-electron chi connectivity index (χ4n) is 2.92. The summed E-state index contributed by atoms with van der Waals surface area (Å²) in [5.74, 6) is -1.01. The predicted octanol–water partition coefficient (Wildman–Crippen LogP) is 3.31. The number of carbonyl (C=O) groups excluding carboxylic acids is 2. The molecule has 0 spiro atoms. The lowest BCUT2D eigenvalue weighted by Gasteiger charge is -2.10. The van der Waals surface area contributed by atoms with Crippen LogP contribution in [-0.2, 0) is 24.3 Å². The zero-order valence-corrected chi connectivity index (χ0v) is 19.1. The molecule has 10 heteroatoms. The second-order valence-corrected chi connectivity index (χ2v) is 9.59. The summed E-state index contributed by atoms with van der Waals surface area (Å²) in [6.45, 7) is -0.670. The minimum Gasteiger partial charge on any atom is -0.456 e. The van der Waals surface area contributed by atoms with Crippen LogP contribution in [0, 0.1) is 11.3 Å². The summed E-state index contributed by atoms with van der Waals surface area (Å²) in [4.78, 5) is 24.8. The maximum atomic E-state index is 12.5. The predicted molar refractivity (Wildman–Crippen MR) is 126 cm³/mol. The van der Waals surface area contributed by atoms with Gasteiger partial charge in [-0.2, -0.15) is 5.26 Å². The topological polar surface area (TPSA) is 125 Å². The maximum Gasteiger partial charge on any atom is 0.307 e. The number of esters is 1. The number of hydrogen-bond acceptors (Lipinski definition) is 7. The first-order chi connectivity index (χ1) is 15.9. The molecule has 0 saturated heterocycles. The van der Waals surface area contributed by atoms with E-state index in [0.29, 0.717) is 5.69 Å². The van der Waals surface area contributed by atoms with Crippen LogP contribution >= 0.6 is 11.8 Å². The van der Waals surface area contributed by atoms with E-state index >= 15 is 0 Å². The van der Waals surface area contributed by atoms with E-state index < -0.39 is 28.5 Å². The number of hydrogen-bond donors (Lipinski definition) is 2. The van der Waals surface area contributed by atoms with E-state index in [0.717, 1.165) is 15.7 Å². The lowest BCUT2D eigenvalue weighted by Crippen LogP contribution is -2.28. The molecule has 1 amide bonds. The first-order valence-electron chi connectivity index (χ1n) is 9.92. The van der Waals surface area contributed by atoms with Gasteiger partial charge in [-0.15, -0.1) is 11.8 Å². The van der Waals surface area contributed by atoms with Crippen LogP contribution in [0.5, 0.6) is 0 Å². The number of anilines is 1. The van der Waals surface area contributed by atoms with Crippen LogP contribution < -0.4 is 10.0 Å². The van der Waals surface area contributed by atoms with Gasteiger partial charge in [0.05, 0.1) is 28.8 Å². The number of thioether (sulfide) groups is 1. The van der Waals surface area contributed by atoms with E-state index in [9.17, 15) is 18.0 Å². The van der Waals surface area contributed by atoms with Crippen LogP contribution in [0.4, 0.5) is 5.69 Å². The molecule has 3 rings (SSSR count). The zero-order valence-electron chi connectivity index (χ0n) is 17.5. The molecular formula is C23H21N3O5S2. The van der Waals surface area contributed by atoms with E-state index in [1.165, 1.54) is 17.8 Å². The van der Waals surface area contributed by atoms with Gasteiger partial charge in [-0.05, 0) is 35.0 Å². The van der Waals surface area contributed by atoms with Gasteiger partial charge < -0.3 is 10.1 Å². The Kier molecular flexibility index (Phi) is 8.43. The molecule has 0 heterocycles. The van der Waals surface area contributed by atoms with Crippen molar-refractivity contribution in [3.63, 3.8) is 0 Å². The van der Waals surface area contributed by atoms with E-state index in [2.05, 4.69) is 10.0 Å². The highest BCUT2D eigenvalue weighted by molar-refractivity contribution is 7.99. The van der Waals surface area contributed by atoms with Crippen molar-refractivity contribution in [1.29, 1.82) is 5.26 Å². The first-order valence-corrected chi connectivity index (χ1v) is 12.4. The Bertz CT molecular complexity index is 1300. The van der Waals surface area contributed by atoms with Crippen LogP contribution in [0.2, 0.25) is 0 Å². The van der Waals surface area contributed by atoms with Gasteiger partial charge in [0.2, 0.25) is 10.0 Å². The van der Waals surface area contributed by atoms with Gasteiger partial charge in [0.15, 0.2) is 6.61 Å². The summed E-state index contributed by atoms with van der Waals surface area (Å²) >= 11 is 1.28. The van der Waals surface area contributed by atoms with Gasteiger partial charge in [0.1, 0.15) is 0 Å². The molecule has 3 aromatic rings. The third-order valence-corrected chi connectivity index (χ3v) is 6.87. The number of para-hydroxylation sites is 1. The minimum atomic E-state index is -3.79. The fourth-order valence-corrected chi connectivity index (χ4v) is 4.65. The molecule has 0 aromatic heterocycles. The van der Waals surface area contributed by atoms with Gasteiger partial charge in [0.25, 0.3) is 5.91 Å². The van der Waals surface area contributed by atoms with Crippen molar-refractivity contribution in [3.8, 4) is 6.07 Å². The molecule has 0 unspecified atom stereocenters. The number of carbonyl (C=O) groups is 2. The highest BCUT2D eigenvalue weighted by Crippen LogP contribution is 2.26. The molecule has 0 radical (unpaired) electrons. The van der Waals surface area contributed by atoms with Gasteiger partial charge in [-0.25, -0.2) is 13.1 Å². The molecule has 2 N–H and O–H groups in total. The van der Waals surface area contributed by atoms with Crippen molar-refractivity contribution in [3.05, 3.63) is 66.7 Å². The number of sulfonamides is 1. The van der Waals surface area contributed by atoms with E-state index in [1.807, 2.05) is 30.3 Å². The highest BCUT2D eigenvalue weighted by atomic mass is 32.2. The number of benzene rings is 3. The lowest BCUT2D eigenvalue weighted by atomic mass is 10.1. The van der Waals surface area contributed by atoms with Crippen molar-refractivity contribution in [2.45, 2.75) is 16.2 Å². The second-order valence-electron chi connectivity index (χ2n) is 6.81. The smallest absolute Gasteiger partial charge is 0.307 e. The summed E-state index contributed by atoms with van der Waals surface area (Å²) in [7, 11) is -3.79. The summed E-state index contributed by atoms with van der Waals surface area (Å²) in [6.07, 6.45) is -0.227. The molecule has 0 bridgehead atoms. The molecule has 8 nitrogen and oxygen atoms in total. The van der Waals surface area contributed by atoms with Gasteiger partial charge in [-0.1, -0.05) is 42.5 Å². The number of nitrogens with one attached hydrogen (secondary N) is 2. The quantitative estimate of drug-likeness (QED) is 0.335. The lowest BCUT2D eigenvalue weighted by molar-refractivity contribution is -0.147. The van der Waals surface area contributed by atoms with Gasteiger partial charge in [0, 0.05) is 11.4 Å². The van der Waals surface area contributed by atoms with Crippen LogP contribution in [0.3, 0.4) is 0 Å². The zero-order chi connectivity index (χ0) is 23.7. The molecule has 0 aliphatic carbocycles. The van der Waals surface area contributed by atoms with Crippen LogP contribution in [-0.4, -0.2) is 39.2 Å². The standard InChI is InChI=1S/C23H21N3O5S2/c24-12-14-32-21-8-4-3-7-20(21)26-22(27)16-31-23(28)11-13-25-33(29,30)19-10-9-17-5-1-2-6-18(17)15-19/h1-10,15,25H,11,13-14,16H2,(H,26,27). The van der Waals surface area contributed by atoms with Crippen molar-refractivity contribution in [2.75, 3.05) is 24.2 Å². The molecule has 33 heavy (non-hydrogen) atoms. The number of ether oxygens (including phenoxy) is 1. The van der Waals surface area contributed by atoms with E-state index in [1.54, 1.807) is 36.4 Å². The third kappa shape index (κ3) is 7.05. The van der Waals surface area contributed by atoms with Gasteiger partial charge >= 0.3 is 5.97 Å². The number of nitrogens with zero attached hydrogens (tertiary/aromatic N) is 1. The normalized spacial score (nSPS) is 11.0. The van der Waals surface area contributed by atoms with Crippen LogP contribution in [0.1, 0.15) is 6.42 Å². The Morgan fingerprint density at radius 3 is 2.52 bits per heavy atom. The first kappa shape index (κ1) is 24.3. The molecule has 0 atom stereocenters. The Morgan fingerprint density at radius 1 is 1.00 bits per heavy atom. The molecule has 3 aromatic carbocycles. The third-order valence-electron chi connectivity index (χ3n) is 4.47. The van der Waals surface area contributed by atoms with Crippen LogP contribution in [0.25, 0.3) is 10.8 Å². The SMILES string of the molecule is N#CCSc1ccccc1NC(=O)COC(=O)CCNS(=O)(=O)c1ccc2ccccc2c1. The second kappa shape index (κ2) is 11.5. The molecular weight excluding hydrogens is 462 g/mol. The number of rotatable bonds is 10. The summed E-state index contributed by atoms with van der Waals surface area (Å²) < 4.78 is 32.3. The molecule has 0 aliphatic heterocycles. The number of nitriles is 1. The Morgan fingerprint density at radius 2 is 1.73 bits per heavy atom. The number of fused-ring (bicyclic) bond motifs is 1. The molecule has 0 aliphatic rings. The average Bonchev–Trinajstić information content (AvgIpc) is 2.82. The molecule has 0 fully saturated rings. The Balaban J connectivity index is 1.45.